The summed E-state index contributed by atoms with van der Waals surface area (Å²) in [5, 5.41) is 11.8. The third kappa shape index (κ3) is 11.2. The van der Waals surface area contributed by atoms with Crippen LogP contribution in [0.5, 0.6) is 0 Å². The molecule has 0 aliphatic heterocycles. The molecule has 2 N–H and O–H groups in total. The average molecular weight is 229 g/mol. The van der Waals surface area contributed by atoms with Gasteiger partial charge in [0.25, 0.3) is 0 Å². The maximum atomic E-state index is 10.9. The number of carbonyl (C=O) groups is 1. The molecule has 0 aromatic rings. The molecule has 0 unspecified atom stereocenters. The van der Waals surface area contributed by atoms with Gasteiger partial charge in [-0.05, 0) is 26.3 Å². The fraction of sp³-hybridized carbons (Fsp3) is 0.750. The molecular formula is C12H23NO3. The second-order valence-electron chi connectivity index (χ2n) is 3.50. The molecule has 0 rings (SSSR count). The highest BCUT2D eigenvalue weighted by Crippen LogP contribution is 1.97. The predicted octanol–water partition coefficient (Wildman–Crippen LogP) is 1.25. The van der Waals surface area contributed by atoms with E-state index in [2.05, 4.69) is 5.32 Å². The second kappa shape index (κ2) is 12.2. The molecule has 0 aliphatic rings. The highest BCUT2D eigenvalue weighted by atomic mass is 16.5. The number of carbonyl (C=O) groups excluding carboxylic acids is 1. The summed E-state index contributed by atoms with van der Waals surface area (Å²) >= 11 is 0. The Bertz CT molecular complexity index is 193. The number of hydrogen-bond donors (Lipinski definition) is 2. The normalized spacial score (nSPS) is 10.9. The van der Waals surface area contributed by atoms with Gasteiger partial charge in [-0.2, -0.15) is 0 Å². The third-order valence-corrected chi connectivity index (χ3v) is 2.06. The molecule has 4 nitrogen and oxygen atoms in total. The Kier molecular flexibility index (Phi) is 11.5. The van der Waals surface area contributed by atoms with Crippen molar-refractivity contribution < 1.29 is 14.6 Å². The highest BCUT2D eigenvalue weighted by molar-refractivity contribution is 5.81. The number of rotatable bonds is 10. The number of hydrogen-bond acceptors (Lipinski definition) is 4. The van der Waals surface area contributed by atoms with Crippen molar-refractivity contribution in [1.82, 2.24) is 5.32 Å². The van der Waals surface area contributed by atoms with Crippen molar-refractivity contribution in [3.8, 4) is 0 Å². The Hall–Kier alpha value is -0.870. The smallest absolute Gasteiger partial charge is 0.330 e. The minimum absolute atomic E-state index is 0.285. The van der Waals surface area contributed by atoms with Crippen molar-refractivity contribution in [2.75, 3.05) is 26.3 Å². The van der Waals surface area contributed by atoms with Crippen molar-refractivity contribution in [3.05, 3.63) is 12.2 Å². The average Bonchev–Trinajstić information content (AvgIpc) is 2.27. The summed E-state index contributed by atoms with van der Waals surface area (Å²) in [7, 11) is 0. The fourth-order valence-corrected chi connectivity index (χ4v) is 1.25. The van der Waals surface area contributed by atoms with Gasteiger partial charge in [-0.25, -0.2) is 4.79 Å². The van der Waals surface area contributed by atoms with Crippen LogP contribution in [0, 0.1) is 0 Å². The van der Waals surface area contributed by atoms with Crippen LogP contribution < -0.4 is 5.32 Å². The van der Waals surface area contributed by atoms with Gasteiger partial charge < -0.3 is 15.2 Å². The van der Waals surface area contributed by atoms with Gasteiger partial charge >= 0.3 is 5.97 Å². The molecule has 0 radical (unpaired) electrons. The SMILES string of the molecule is CCOC(=O)/C=C/CNCCCCCCO. The van der Waals surface area contributed by atoms with Crippen molar-refractivity contribution in [2.45, 2.75) is 32.6 Å². The lowest BCUT2D eigenvalue weighted by atomic mass is 10.2. The molecule has 0 aromatic heterocycles. The molecule has 0 heterocycles. The number of nitrogens with one attached hydrogen (secondary N) is 1. The molecule has 0 aliphatic carbocycles. The van der Waals surface area contributed by atoms with Crippen molar-refractivity contribution in [1.29, 1.82) is 0 Å². The van der Waals surface area contributed by atoms with Crippen LogP contribution in [0.3, 0.4) is 0 Å². The van der Waals surface area contributed by atoms with Crippen molar-refractivity contribution in [2.24, 2.45) is 0 Å². The number of unbranched alkanes of at least 4 members (excludes halogenated alkanes) is 3. The molecule has 0 amide bonds. The van der Waals surface area contributed by atoms with E-state index >= 15 is 0 Å². The number of aliphatic hydroxyl groups excluding tert-OH is 1. The lowest BCUT2D eigenvalue weighted by Crippen LogP contribution is -2.15. The summed E-state index contributed by atoms with van der Waals surface area (Å²) in [6, 6.07) is 0. The standard InChI is InChI=1S/C12H23NO3/c1-2-16-12(15)8-7-10-13-9-5-3-4-6-11-14/h7-8,13-14H,2-6,9-11H2,1H3/b8-7+. The molecule has 94 valence electrons. The Labute approximate surface area is 97.7 Å². The van der Waals surface area contributed by atoms with Gasteiger partial charge in [0.15, 0.2) is 0 Å². The van der Waals surface area contributed by atoms with E-state index < -0.39 is 0 Å². The largest absolute Gasteiger partial charge is 0.463 e. The first kappa shape index (κ1) is 15.1. The Balaban J connectivity index is 3.17. The summed E-state index contributed by atoms with van der Waals surface area (Å²) < 4.78 is 4.74. The number of esters is 1. The number of aliphatic hydroxyl groups is 1. The van der Waals surface area contributed by atoms with Gasteiger partial charge in [0.2, 0.25) is 0 Å². The van der Waals surface area contributed by atoms with Gasteiger partial charge in [0.1, 0.15) is 0 Å². The van der Waals surface area contributed by atoms with E-state index in [0.717, 1.165) is 32.2 Å². The van der Waals surface area contributed by atoms with Crippen molar-refractivity contribution >= 4 is 5.97 Å². The van der Waals surface area contributed by atoms with E-state index in [4.69, 9.17) is 9.84 Å². The molecule has 0 aromatic carbocycles. The first-order chi connectivity index (χ1) is 7.81. The minimum Gasteiger partial charge on any atom is -0.463 e. The van der Waals surface area contributed by atoms with Crippen LogP contribution in [0.15, 0.2) is 12.2 Å². The summed E-state index contributed by atoms with van der Waals surface area (Å²) in [6.45, 7) is 4.13. The van der Waals surface area contributed by atoms with E-state index in [1.54, 1.807) is 13.0 Å². The lowest BCUT2D eigenvalue weighted by molar-refractivity contribution is -0.137. The predicted molar refractivity (Wildman–Crippen MR) is 64.2 cm³/mol. The van der Waals surface area contributed by atoms with Crippen LogP contribution in [0.25, 0.3) is 0 Å². The minimum atomic E-state index is -0.285. The van der Waals surface area contributed by atoms with Crippen LogP contribution in [0.2, 0.25) is 0 Å². The second-order valence-corrected chi connectivity index (χ2v) is 3.50. The van der Waals surface area contributed by atoms with Gasteiger partial charge in [-0.3, -0.25) is 0 Å². The van der Waals surface area contributed by atoms with Gasteiger partial charge in [-0.15, -0.1) is 0 Å². The first-order valence-corrected chi connectivity index (χ1v) is 5.96. The molecule has 0 saturated carbocycles. The molecule has 0 fully saturated rings. The lowest BCUT2D eigenvalue weighted by Gasteiger charge is -2.01. The first-order valence-electron chi connectivity index (χ1n) is 5.96. The van der Waals surface area contributed by atoms with Gasteiger partial charge in [0.05, 0.1) is 6.61 Å². The van der Waals surface area contributed by atoms with E-state index in [1.807, 2.05) is 0 Å². The Morgan fingerprint density at radius 2 is 2.06 bits per heavy atom. The summed E-state index contributed by atoms with van der Waals surface area (Å²) in [5.41, 5.74) is 0. The summed E-state index contributed by atoms with van der Waals surface area (Å²) in [4.78, 5) is 10.9. The highest BCUT2D eigenvalue weighted by Gasteiger charge is 1.92. The summed E-state index contributed by atoms with van der Waals surface area (Å²) in [6.07, 6.45) is 7.43. The molecule has 16 heavy (non-hydrogen) atoms. The van der Waals surface area contributed by atoms with Crippen LogP contribution in [0.1, 0.15) is 32.6 Å². The number of ether oxygens (including phenoxy) is 1. The van der Waals surface area contributed by atoms with E-state index in [9.17, 15) is 4.79 Å². The summed E-state index contributed by atoms with van der Waals surface area (Å²) in [5.74, 6) is -0.285. The Morgan fingerprint density at radius 3 is 2.75 bits per heavy atom. The molecule has 0 atom stereocenters. The van der Waals surface area contributed by atoms with E-state index in [1.165, 1.54) is 6.08 Å². The zero-order valence-electron chi connectivity index (χ0n) is 10.1. The molecule has 0 spiro atoms. The van der Waals surface area contributed by atoms with Crippen molar-refractivity contribution in [3.63, 3.8) is 0 Å². The van der Waals surface area contributed by atoms with E-state index in [0.29, 0.717) is 13.2 Å². The maximum absolute atomic E-state index is 10.9. The van der Waals surface area contributed by atoms with E-state index in [-0.39, 0.29) is 12.6 Å². The third-order valence-electron chi connectivity index (χ3n) is 2.06. The maximum Gasteiger partial charge on any atom is 0.330 e. The molecular weight excluding hydrogens is 206 g/mol. The molecule has 0 bridgehead atoms. The van der Waals surface area contributed by atoms with Crippen LogP contribution >= 0.6 is 0 Å². The Morgan fingerprint density at radius 1 is 1.31 bits per heavy atom. The zero-order chi connectivity index (χ0) is 12.1. The molecule has 0 saturated heterocycles. The topological polar surface area (TPSA) is 58.6 Å². The fourth-order valence-electron chi connectivity index (χ4n) is 1.25. The van der Waals surface area contributed by atoms with Crippen LogP contribution in [0.4, 0.5) is 0 Å². The van der Waals surface area contributed by atoms with Crippen LogP contribution in [-0.2, 0) is 9.53 Å². The van der Waals surface area contributed by atoms with Crippen LogP contribution in [-0.4, -0.2) is 37.4 Å². The monoisotopic (exact) mass is 229 g/mol. The zero-order valence-corrected chi connectivity index (χ0v) is 10.1. The quantitative estimate of drug-likeness (QED) is 0.336. The molecule has 4 heteroatoms. The van der Waals surface area contributed by atoms with Gasteiger partial charge in [0, 0.05) is 19.2 Å². The van der Waals surface area contributed by atoms with Gasteiger partial charge in [-0.1, -0.05) is 18.9 Å².